The first kappa shape index (κ1) is 4.48. The van der Waals surface area contributed by atoms with Crippen LogP contribution in [0.3, 0.4) is 0 Å². The number of rotatable bonds is 0. The average Bonchev–Trinajstić information content (AvgIpc) is 1.37. The third kappa shape index (κ3) is 2.48. The molecule has 0 aromatic carbocycles. The van der Waals surface area contributed by atoms with Gasteiger partial charge in [0, 0.05) is 0 Å². The predicted molar refractivity (Wildman–Crippen MR) is 20.6 cm³/mol. The zero-order valence-electron chi connectivity index (χ0n) is 2.58. The molecule has 0 saturated carbocycles. The van der Waals surface area contributed by atoms with Crippen LogP contribution >= 0.6 is 0 Å². The van der Waals surface area contributed by atoms with Crippen molar-refractivity contribution in [1.82, 2.24) is 0 Å². The molecule has 0 rings (SSSR count). The van der Waals surface area contributed by atoms with E-state index < -0.39 is 0 Å². The van der Waals surface area contributed by atoms with E-state index in [1.165, 1.54) is 0 Å². The van der Waals surface area contributed by atoms with Crippen LogP contribution in [0.4, 0.5) is 0 Å². The van der Waals surface area contributed by atoms with Crippen molar-refractivity contribution >= 4 is 25.8 Å². The van der Waals surface area contributed by atoms with Crippen molar-refractivity contribution in [2.24, 2.45) is 0 Å². The van der Waals surface area contributed by atoms with Crippen LogP contribution in [-0.4, -0.2) is 25.8 Å². The van der Waals surface area contributed by atoms with Gasteiger partial charge >= 0.3 is 42.1 Å². The Hall–Kier alpha value is 0.482. The molecule has 0 aliphatic carbocycles. The second-order valence-electron chi connectivity index (χ2n) is 0.394. The van der Waals surface area contributed by atoms with Gasteiger partial charge in [-0.05, 0) is 0 Å². The summed E-state index contributed by atoms with van der Waals surface area (Å²) in [5, 5.41) is 0. The summed E-state index contributed by atoms with van der Waals surface area (Å²) in [6.07, 6.45) is 0. The molecule has 0 aliphatic heterocycles. The Morgan fingerprint density at radius 1 is 1.75 bits per heavy atom. The molecule has 0 heterocycles. The van der Waals surface area contributed by atoms with Crippen LogP contribution in [-0.2, 0) is 0 Å². The van der Waals surface area contributed by atoms with Gasteiger partial charge in [-0.15, -0.1) is 0 Å². The van der Waals surface area contributed by atoms with E-state index in [0.29, 0.717) is 0 Å². The molecule has 0 aromatic heterocycles. The van der Waals surface area contributed by atoms with Crippen molar-refractivity contribution in [2.75, 3.05) is 0 Å². The Balaban J connectivity index is 2.83. The van der Waals surface area contributed by atoms with Crippen molar-refractivity contribution in [2.45, 2.75) is 6.92 Å². The first-order valence-corrected chi connectivity index (χ1v) is 3.28. The van der Waals surface area contributed by atoms with Crippen LogP contribution in [0, 0.1) is 9.40 Å². The van der Waals surface area contributed by atoms with Gasteiger partial charge in [0.2, 0.25) is 0 Å². The zero-order chi connectivity index (χ0) is 3.41. The minimum absolute atomic E-state index is 0.870. The summed E-state index contributed by atoms with van der Waals surface area (Å²) in [6, 6.07) is 0. The molecule has 2 radical (unpaired) electrons. The van der Waals surface area contributed by atoms with E-state index in [1.807, 2.05) is 6.92 Å². The third-order valence-electron chi connectivity index (χ3n) is 0.144. The molecular formula is C3H4Pb. The molecule has 0 atom stereocenters. The molecule has 0 aromatic rings. The van der Waals surface area contributed by atoms with Gasteiger partial charge < -0.3 is 0 Å². The van der Waals surface area contributed by atoms with Crippen molar-refractivity contribution in [1.29, 1.82) is 0 Å². The quantitative estimate of drug-likeness (QED) is 0.413. The molecule has 0 bridgehead atoms. The van der Waals surface area contributed by atoms with E-state index >= 15 is 0 Å². The van der Waals surface area contributed by atoms with Gasteiger partial charge in [0.25, 0.3) is 0 Å². The van der Waals surface area contributed by atoms with E-state index in [4.69, 9.17) is 0 Å². The Labute approximate surface area is 42.3 Å². The fourth-order valence-electron chi connectivity index (χ4n) is 0. The Kier molecular flexibility index (Phi) is 3.90. The van der Waals surface area contributed by atoms with Gasteiger partial charge in [0.15, 0.2) is 0 Å². The second-order valence-corrected chi connectivity index (χ2v) is 1.52. The van der Waals surface area contributed by atoms with Gasteiger partial charge in [0.1, 0.15) is 0 Å². The molecule has 0 nitrogen and oxygen atoms in total. The molecule has 0 aliphatic rings. The number of hydrogen-bond acceptors (Lipinski definition) is 0. The van der Waals surface area contributed by atoms with Gasteiger partial charge in [-0.3, -0.25) is 0 Å². The SMILES string of the molecule is CC#[C][PbH]. The van der Waals surface area contributed by atoms with E-state index in [1.54, 1.807) is 0 Å². The third-order valence-corrected chi connectivity index (χ3v) is 1.27. The molecule has 1 heteroatoms. The summed E-state index contributed by atoms with van der Waals surface area (Å²) < 4.78 is 2.85. The molecule has 0 saturated heterocycles. The second kappa shape index (κ2) is 3.48. The summed E-state index contributed by atoms with van der Waals surface area (Å²) in [4.78, 5) is 0. The van der Waals surface area contributed by atoms with Crippen molar-refractivity contribution in [3.05, 3.63) is 0 Å². The van der Waals surface area contributed by atoms with E-state index in [-0.39, 0.29) is 0 Å². The molecule has 0 fully saturated rings. The fraction of sp³-hybridized carbons (Fsp3) is 0.333. The topological polar surface area (TPSA) is 0 Å². The summed E-state index contributed by atoms with van der Waals surface area (Å²) in [6.45, 7) is 1.86. The first-order chi connectivity index (χ1) is 1.91. The van der Waals surface area contributed by atoms with Crippen molar-refractivity contribution in [3.8, 4) is 9.40 Å². The summed E-state index contributed by atoms with van der Waals surface area (Å²) in [5.74, 6) is 2.75. The van der Waals surface area contributed by atoms with Gasteiger partial charge in [-0.2, -0.15) is 0 Å². The van der Waals surface area contributed by atoms with Crippen LogP contribution in [0.5, 0.6) is 0 Å². The van der Waals surface area contributed by atoms with E-state index in [2.05, 4.69) is 9.40 Å². The Morgan fingerprint density at radius 2 is 2.00 bits per heavy atom. The minimum atomic E-state index is 0.870. The van der Waals surface area contributed by atoms with Gasteiger partial charge in [-0.1, -0.05) is 0 Å². The van der Waals surface area contributed by atoms with Crippen LogP contribution in [0.1, 0.15) is 6.92 Å². The van der Waals surface area contributed by atoms with Gasteiger partial charge in [0.05, 0.1) is 0 Å². The maximum absolute atomic E-state index is 2.85. The number of hydrogen-bond donors (Lipinski definition) is 0. The normalized spacial score (nSPS) is 3.50. The standard InChI is InChI=1S/C3H3.Pb.H/c1-3-2;;/h1H3;;. The molecule has 0 amide bonds. The molecule has 0 N–H and O–H groups in total. The van der Waals surface area contributed by atoms with E-state index in [0.717, 1.165) is 25.8 Å². The summed E-state index contributed by atoms with van der Waals surface area (Å²) >= 11 is 0.870. The van der Waals surface area contributed by atoms with Gasteiger partial charge in [-0.25, -0.2) is 0 Å². The summed E-state index contributed by atoms with van der Waals surface area (Å²) in [7, 11) is 0. The zero-order valence-corrected chi connectivity index (χ0v) is 7.07. The van der Waals surface area contributed by atoms with E-state index in [9.17, 15) is 0 Å². The Morgan fingerprint density at radius 3 is 2.00 bits per heavy atom. The Bertz CT molecular complexity index is 40.0. The van der Waals surface area contributed by atoms with Crippen LogP contribution in [0.25, 0.3) is 0 Å². The fourth-order valence-corrected chi connectivity index (χ4v) is 0. The monoisotopic (exact) mass is 248 g/mol. The first-order valence-electron chi connectivity index (χ1n) is 1.04. The molecule has 0 unspecified atom stereocenters. The van der Waals surface area contributed by atoms with Crippen LogP contribution in [0.15, 0.2) is 0 Å². The van der Waals surface area contributed by atoms with Crippen molar-refractivity contribution < 1.29 is 0 Å². The van der Waals surface area contributed by atoms with Crippen molar-refractivity contribution in [3.63, 3.8) is 0 Å². The molecule has 20 valence electrons. The maximum atomic E-state index is 2.85. The average molecular weight is 247 g/mol. The molecule has 4 heavy (non-hydrogen) atoms. The summed E-state index contributed by atoms with van der Waals surface area (Å²) in [5.41, 5.74) is 0. The van der Waals surface area contributed by atoms with Crippen LogP contribution < -0.4 is 0 Å². The predicted octanol–water partition coefficient (Wildman–Crippen LogP) is -0.132. The molecule has 0 spiro atoms. The van der Waals surface area contributed by atoms with Crippen LogP contribution in [0.2, 0.25) is 0 Å². The molecular weight excluding hydrogens is 243 g/mol.